The quantitative estimate of drug-likeness (QED) is 0.255. The molecule has 6 nitrogen and oxygen atoms in total. The molecule has 3 aromatic rings. The molecule has 2 aliphatic carbocycles. The average Bonchev–Trinajstić information content (AvgIpc) is 3.60. The molecular weight excluding hydrogens is 557 g/mol. The Balaban J connectivity index is 0.00000405. The van der Waals surface area contributed by atoms with Crippen LogP contribution in [0, 0.1) is 26.2 Å². The van der Waals surface area contributed by atoms with Crippen LogP contribution < -0.4 is 44.1 Å². The van der Waals surface area contributed by atoms with Gasteiger partial charge in [0, 0.05) is 12.5 Å². The number of hydrogen-bond acceptors (Lipinski definition) is 5. The predicted octanol–water partition coefficient (Wildman–Crippen LogP) is 1.95. The van der Waals surface area contributed by atoms with Crippen molar-refractivity contribution >= 4 is 16.0 Å². The molecule has 42 heavy (non-hydrogen) atoms. The van der Waals surface area contributed by atoms with Crippen LogP contribution in [0.5, 0.6) is 5.75 Å². The molecule has 1 N–H and O–H groups in total. The summed E-state index contributed by atoms with van der Waals surface area (Å²) in [5.41, 5.74) is 11.4. The van der Waals surface area contributed by atoms with Gasteiger partial charge < -0.3 is 14.6 Å². The Kier molecular flexibility index (Phi) is 10.3. The van der Waals surface area contributed by atoms with Crippen LogP contribution in [0.2, 0.25) is 0 Å². The summed E-state index contributed by atoms with van der Waals surface area (Å²) in [7, 11) is -3.18. The first-order valence-electron chi connectivity index (χ1n) is 14.5. The molecule has 0 amide bonds. The maximum Gasteiger partial charge on any atom is 1.00 e. The fraction of sp³-hybridized carbons (Fsp3) is 0.441. The van der Waals surface area contributed by atoms with Crippen LogP contribution in [-0.4, -0.2) is 33.8 Å². The minimum absolute atomic E-state index is 0. The minimum Gasteiger partial charge on any atom is -0.550 e. The molecule has 0 aliphatic heterocycles. The third kappa shape index (κ3) is 7.48. The van der Waals surface area contributed by atoms with Gasteiger partial charge in [0.05, 0.1) is 12.9 Å². The molecule has 0 saturated heterocycles. The Morgan fingerprint density at radius 1 is 1.05 bits per heavy atom. The fourth-order valence-corrected chi connectivity index (χ4v) is 7.29. The summed E-state index contributed by atoms with van der Waals surface area (Å²) in [5.74, 6) is -0.0420. The fourth-order valence-electron chi connectivity index (χ4n) is 6.77. The molecule has 0 radical (unpaired) electrons. The number of carboxylic acids is 1. The standard InChI is InChI=1S/C34H41NO5S.Na/c1-22-17-28(40-16-6-15-35-41(4,38)39)18-23(2)33(22)29-8-5-7-26(24(29)3)11-9-25-10-12-30-27(19-25)21-34(13-14-34)31(30)20-32(36)37;/h5,7-8,10,12,17-19,31,35H,6,9,11,13-16,20-21H2,1-4H3,(H,36,37);/q;+1/p-1. The smallest absolute Gasteiger partial charge is 0.550 e. The van der Waals surface area contributed by atoms with E-state index >= 15 is 0 Å². The van der Waals surface area contributed by atoms with Gasteiger partial charge in [0.2, 0.25) is 10.0 Å². The van der Waals surface area contributed by atoms with Crippen LogP contribution in [0.25, 0.3) is 11.1 Å². The van der Waals surface area contributed by atoms with E-state index in [2.05, 4.69) is 74.0 Å². The summed E-state index contributed by atoms with van der Waals surface area (Å²) in [6, 6.07) is 17.3. The second-order valence-corrected chi connectivity index (χ2v) is 13.9. The molecule has 1 saturated carbocycles. The topological polar surface area (TPSA) is 95.5 Å². The van der Waals surface area contributed by atoms with E-state index in [0.29, 0.717) is 19.6 Å². The van der Waals surface area contributed by atoms with Gasteiger partial charge in [-0.05, 0) is 139 Å². The summed E-state index contributed by atoms with van der Waals surface area (Å²) >= 11 is 0. The molecule has 1 unspecified atom stereocenters. The second kappa shape index (κ2) is 13.2. The molecule has 8 heteroatoms. The molecule has 3 aromatic carbocycles. The zero-order chi connectivity index (χ0) is 29.4. The van der Waals surface area contributed by atoms with E-state index in [1.54, 1.807) is 0 Å². The summed E-state index contributed by atoms with van der Waals surface area (Å²) in [4.78, 5) is 11.4. The number of aryl methyl sites for hydroxylation is 4. The van der Waals surface area contributed by atoms with Gasteiger partial charge in [-0.3, -0.25) is 0 Å². The van der Waals surface area contributed by atoms with Crippen LogP contribution >= 0.6 is 0 Å². The van der Waals surface area contributed by atoms with Crippen molar-refractivity contribution in [3.63, 3.8) is 0 Å². The predicted molar refractivity (Wildman–Crippen MR) is 161 cm³/mol. The largest absolute Gasteiger partial charge is 1.00 e. The molecule has 1 atom stereocenters. The molecule has 0 aromatic heterocycles. The number of fused-ring (bicyclic) bond motifs is 1. The van der Waals surface area contributed by atoms with Gasteiger partial charge in [0.25, 0.3) is 0 Å². The van der Waals surface area contributed by atoms with Crippen molar-refractivity contribution in [2.45, 2.75) is 71.6 Å². The maximum atomic E-state index is 11.4. The van der Waals surface area contributed by atoms with E-state index in [-0.39, 0.29) is 47.3 Å². The van der Waals surface area contributed by atoms with Crippen molar-refractivity contribution in [2.75, 3.05) is 19.4 Å². The van der Waals surface area contributed by atoms with E-state index in [0.717, 1.165) is 55.2 Å². The van der Waals surface area contributed by atoms with Crippen LogP contribution in [0.3, 0.4) is 0 Å². The van der Waals surface area contributed by atoms with Crippen molar-refractivity contribution in [2.24, 2.45) is 5.41 Å². The van der Waals surface area contributed by atoms with E-state index in [1.807, 2.05) is 0 Å². The zero-order valence-electron chi connectivity index (χ0n) is 25.5. The third-order valence-electron chi connectivity index (χ3n) is 8.99. The molecule has 218 valence electrons. The normalized spacial score (nSPS) is 16.6. The first-order valence-corrected chi connectivity index (χ1v) is 16.4. The van der Waals surface area contributed by atoms with Gasteiger partial charge in [-0.2, -0.15) is 0 Å². The summed E-state index contributed by atoms with van der Waals surface area (Å²) < 4.78 is 30.9. The SMILES string of the molecule is Cc1cc(OCCCNS(C)(=O)=O)cc(C)c1-c1cccc(CCc2ccc3c(c2)CC2(CC2)C3CC(=O)[O-])c1C.[Na+]. The van der Waals surface area contributed by atoms with E-state index < -0.39 is 16.0 Å². The van der Waals surface area contributed by atoms with Crippen LogP contribution in [0.1, 0.15) is 70.5 Å². The first-order chi connectivity index (χ1) is 19.5. The average molecular weight is 598 g/mol. The Morgan fingerprint density at radius 3 is 2.40 bits per heavy atom. The number of ether oxygens (including phenoxy) is 1. The third-order valence-corrected chi connectivity index (χ3v) is 9.71. The molecule has 0 bridgehead atoms. The van der Waals surface area contributed by atoms with Gasteiger partial charge in [0.1, 0.15) is 5.75 Å². The van der Waals surface area contributed by atoms with Gasteiger partial charge in [-0.25, -0.2) is 13.1 Å². The monoisotopic (exact) mass is 597 g/mol. The van der Waals surface area contributed by atoms with Gasteiger partial charge >= 0.3 is 29.6 Å². The van der Waals surface area contributed by atoms with Crippen LogP contribution in [0.15, 0.2) is 48.5 Å². The Labute approximate surface area is 272 Å². The number of nitrogens with one attached hydrogen (secondary N) is 1. The number of aliphatic carboxylic acids is 1. The number of carbonyl (C=O) groups is 1. The Bertz CT molecular complexity index is 1560. The number of hydrogen-bond donors (Lipinski definition) is 1. The molecular formula is C34H40NNaO5S. The summed E-state index contributed by atoms with van der Waals surface area (Å²) in [5, 5.41) is 11.4. The van der Waals surface area contributed by atoms with E-state index in [4.69, 9.17) is 4.74 Å². The molecule has 5 rings (SSSR count). The number of rotatable bonds is 12. The van der Waals surface area contributed by atoms with Gasteiger partial charge in [-0.1, -0.05) is 36.4 Å². The Morgan fingerprint density at radius 2 is 1.76 bits per heavy atom. The number of benzene rings is 3. The van der Waals surface area contributed by atoms with Crippen LogP contribution in [0.4, 0.5) is 0 Å². The van der Waals surface area contributed by atoms with Gasteiger partial charge in [-0.15, -0.1) is 0 Å². The molecule has 0 heterocycles. The second-order valence-electron chi connectivity index (χ2n) is 12.1. The molecule has 2 aliphatic rings. The van der Waals surface area contributed by atoms with Crippen molar-refractivity contribution in [3.05, 3.63) is 87.5 Å². The van der Waals surface area contributed by atoms with Gasteiger partial charge in [0.15, 0.2) is 0 Å². The molecule has 1 spiro atoms. The number of carboxylic acid groups (broad SMARTS) is 1. The van der Waals surface area contributed by atoms with E-state index in [9.17, 15) is 18.3 Å². The van der Waals surface area contributed by atoms with Crippen molar-refractivity contribution < 1.29 is 52.6 Å². The summed E-state index contributed by atoms with van der Waals surface area (Å²) in [6.07, 6.45) is 7.00. The van der Waals surface area contributed by atoms with Crippen molar-refractivity contribution in [3.8, 4) is 16.9 Å². The Hall–Kier alpha value is -2.16. The number of carbonyl (C=O) groups excluding carboxylic acids is 1. The maximum absolute atomic E-state index is 11.4. The minimum atomic E-state index is -3.18. The molecule has 1 fully saturated rings. The zero-order valence-corrected chi connectivity index (χ0v) is 28.3. The number of sulfonamides is 1. The summed E-state index contributed by atoms with van der Waals surface area (Å²) in [6.45, 7) is 7.22. The van der Waals surface area contributed by atoms with E-state index in [1.165, 1.54) is 38.9 Å². The van der Waals surface area contributed by atoms with Crippen LogP contribution in [-0.2, 0) is 34.1 Å². The van der Waals surface area contributed by atoms with Crippen molar-refractivity contribution in [1.82, 2.24) is 4.72 Å². The van der Waals surface area contributed by atoms with Crippen molar-refractivity contribution in [1.29, 1.82) is 0 Å². The first kappa shape index (κ1) is 32.7.